The van der Waals surface area contributed by atoms with E-state index < -0.39 is 16.1 Å². The van der Waals surface area contributed by atoms with Gasteiger partial charge in [0.25, 0.3) is 5.91 Å². The molecule has 0 aromatic heterocycles. The molecule has 1 heterocycles. The van der Waals surface area contributed by atoms with E-state index >= 15 is 0 Å². The fourth-order valence-electron chi connectivity index (χ4n) is 4.69. The molecule has 0 saturated heterocycles. The number of ether oxygens (including phenoxy) is 2. The van der Waals surface area contributed by atoms with Crippen molar-refractivity contribution in [1.29, 1.82) is 0 Å². The number of fused-ring (bicyclic) bond motifs is 1. The van der Waals surface area contributed by atoms with Crippen molar-refractivity contribution in [1.82, 2.24) is 9.80 Å². The Bertz CT molecular complexity index is 1400. The minimum Gasteiger partial charge on any atom is -0.488 e. The molecular weight excluding hydrogens is 530 g/mol. The molecule has 0 unspecified atom stereocenters. The highest BCUT2D eigenvalue weighted by molar-refractivity contribution is 7.92. The molecule has 1 aliphatic heterocycles. The Balaban J connectivity index is 1.50. The summed E-state index contributed by atoms with van der Waals surface area (Å²) in [6.07, 6.45) is 0.791. The average molecular weight is 568 g/mol. The zero-order valence-corrected chi connectivity index (χ0v) is 24.1. The second-order valence-electron chi connectivity index (χ2n) is 10.5. The first-order valence-corrected chi connectivity index (χ1v) is 15.1. The number of rotatable bonds is 10. The van der Waals surface area contributed by atoms with Crippen molar-refractivity contribution in [3.63, 3.8) is 0 Å². The minimum absolute atomic E-state index is 0.0379. The Morgan fingerprint density at radius 2 is 1.77 bits per heavy atom. The lowest BCUT2D eigenvalue weighted by atomic mass is 9.99. The summed E-state index contributed by atoms with van der Waals surface area (Å²) in [5.41, 5.74) is 1.64. The van der Waals surface area contributed by atoms with Gasteiger partial charge < -0.3 is 19.5 Å². The second-order valence-corrected chi connectivity index (χ2v) is 12.2. The summed E-state index contributed by atoms with van der Waals surface area (Å²) in [7, 11) is -1.51. The summed E-state index contributed by atoms with van der Waals surface area (Å²) in [6, 6.07) is 21.9. The Labute approximate surface area is 236 Å². The smallest absolute Gasteiger partial charge is 0.258 e. The first-order valence-electron chi connectivity index (χ1n) is 13.2. The number of aliphatic hydroxyl groups is 1. The van der Waals surface area contributed by atoms with Gasteiger partial charge in [-0.25, -0.2) is 8.42 Å². The number of amides is 1. The van der Waals surface area contributed by atoms with Crippen molar-refractivity contribution in [2.45, 2.75) is 32.5 Å². The van der Waals surface area contributed by atoms with Gasteiger partial charge in [0, 0.05) is 31.2 Å². The van der Waals surface area contributed by atoms with Gasteiger partial charge in [-0.1, -0.05) is 37.3 Å². The van der Waals surface area contributed by atoms with Crippen LogP contribution in [0.4, 0.5) is 5.69 Å². The fourth-order valence-corrected chi connectivity index (χ4v) is 5.24. The third-order valence-electron chi connectivity index (χ3n) is 6.81. The highest BCUT2D eigenvalue weighted by Crippen LogP contribution is 2.31. The molecule has 3 aromatic carbocycles. The van der Waals surface area contributed by atoms with Crippen LogP contribution >= 0.6 is 0 Å². The number of carbonyl (C=O) groups is 1. The first-order chi connectivity index (χ1) is 19.0. The van der Waals surface area contributed by atoms with Gasteiger partial charge in [-0.05, 0) is 62.0 Å². The lowest BCUT2D eigenvalue weighted by Gasteiger charge is -2.38. The van der Waals surface area contributed by atoms with E-state index in [4.69, 9.17) is 9.47 Å². The number of likely N-dealkylation sites (N-methyl/N-ethyl adjacent to an activating group) is 1. The van der Waals surface area contributed by atoms with Gasteiger partial charge in [0.15, 0.2) is 0 Å². The van der Waals surface area contributed by atoms with E-state index in [1.54, 1.807) is 24.0 Å². The van der Waals surface area contributed by atoms with Gasteiger partial charge in [0.05, 0.1) is 24.5 Å². The van der Waals surface area contributed by atoms with E-state index in [0.717, 1.165) is 23.3 Å². The van der Waals surface area contributed by atoms with Gasteiger partial charge in [0.2, 0.25) is 10.0 Å². The molecule has 9 nitrogen and oxygen atoms in total. The topological polar surface area (TPSA) is 108 Å². The molecule has 3 atom stereocenters. The predicted molar refractivity (Wildman–Crippen MR) is 155 cm³/mol. The zero-order valence-electron chi connectivity index (χ0n) is 23.3. The summed E-state index contributed by atoms with van der Waals surface area (Å²) < 4.78 is 38.3. The van der Waals surface area contributed by atoms with E-state index in [9.17, 15) is 18.3 Å². The maximum Gasteiger partial charge on any atom is 0.258 e. The molecule has 40 heavy (non-hydrogen) atoms. The van der Waals surface area contributed by atoms with Gasteiger partial charge in [0.1, 0.15) is 23.4 Å². The quantitative estimate of drug-likeness (QED) is 0.378. The normalized spacial score (nSPS) is 18.4. The highest BCUT2D eigenvalue weighted by atomic mass is 32.2. The Kier molecular flexibility index (Phi) is 9.34. The number of aliphatic hydroxyl groups excluding tert-OH is 1. The molecule has 0 aliphatic carbocycles. The van der Waals surface area contributed by atoms with Crippen molar-refractivity contribution in [3.05, 3.63) is 83.9 Å². The molecular formula is C30H37N3O6S. The molecule has 10 heteroatoms. The van der Waals surface area contributed by atoms with Crippen LogP contribution in [0.15, 0.2) is 72.8 Å². The molecule has 0 saturated carbocycles. The Hall–Kier alpha value is -3.60. The van der Waals surface area contributed by atoms with E-state index in [2.05, 4.69) is 9.62 Å². The number of nitrogens with zero attached hydrogens (tertiary/aromatic N) is 2. The zero-order chi connectivity index (χ0) is 28.9. The van der Waals surface area contributed by atoms with Gasteiger partial charge in [-0.15, -0.1) is 0 Å². The third kappa shape index (κ3) is 7.74. The molecule has 1 amide bonds. The average Bonchev–Trinajstić information content (AvgIpc) is 2.91. The first kappa shape index (κ1) is 29.4. The van der Waals surface area contributed by atoms with E-state index in [1.165, 1.54) is 6.07 Å². The summed E-state index contributed by atoms with van der Waals surface area (Å²) in [6.45, 7) is 5.28. The lowest BCUT2D eigenvalue weighted by molar-refractivity contribution is 0.0341. The SMILES string of the molecule is C[C@H]1CN([C@@H](C)CO)C(=O)c2cc(NS(C)(=O)=O)ccc2O[C@H]1CN(C)Cc1ccc(Oc2ccccc2)cc1. The fraction of sp³-hybridized carbons (Fsp3) is 0.367. The number of nitrogens with one attached hydrogen (secondary N) is 1. The predicted octanol–water partition coefficient (Wildman–Crippen LogP) is 4.20. The van der Waals surface area contributed by atoms with Crippen LogP contribution < -0.4 is 14.2 Å². The van der Waals surface area contributed by atoms with Crippen LogP contribution in [0.3, 0.4) is 0 Å². The van der Waals surface area contributed by atoms with Crippen LogP contribution in [0, 0.1) is 5.92 Å². The second kappa shape index (κ2) is 12.7. The molecule has 214 valence electrons. The number of hydrogen-bond donors (Lipinski definition) is 2. The molecule has 2 N–H and O–H groups in total. The number of carbonyl (C=O) groups excluding carboxylic acids is 1. The lowest BCUT2D eigenvalue weighted by Crippen LogP contribution is -2.49. The van der Waals surface area contributed by atoms with Gasteiger partial charge in [-0.2, -0.15) is 0 Å². The largest absolute Gasteiger partial charge is 0.488 e. The summed E-state index contributed by atoms with van der Waals surface area (Å²) in [4.78, 5) is 17.3. The number of sulfonamides is 1. The summed E-state index contributed by atoms with van der Waals surface area (Å²) in [5.74, 6) is 1.57. The standard InChI is InChI=1S/C30H37N3O6S/c1-21-17-33(22(2)20-34)30(35)27-16-24(31-40(4,36)37)12-15-28(27)39-29(21)19-32(3)18-23-10-13-26(14-11-23)38-25-8-6-5-7-9-25/h5-16,21-22,29,31,34H,17-20H2,1-4H3/t21-,22-,29-/m0/s1. The van der Waals surface area contributed by atoms with Crippen molar-refractivity contribution in [2.24, 2.45) is 5.92 Å². The number of anilines is 1. The molecule has 3 aromatic rings. The third-order valence-corrected chi connectivity index (χ3v) is 7.42. The van der Waals surface area contributed by atoms with Gasteiger partial charge >= 0.3 is 0 Å². The van der Waals surface area contributed by atoms with Crippen molar-refractivity contribution in [2.75, 3.05) is 37.7 Å². The molecule has 0 radical (unpaired) electrons. The molecule has 4 rings (SSSR count). The summed E-state index contributed by atoms with van der Waals surface area (Å²) in [5, 5.41) is 9.85. The van der Waals surface area contributed by atoms with Crippen LogP contribution in [0.5, 0.6) is 17.2 Å². The number of hydrogen-bond acceptors (Lipinski definition) is 7. The van der Waals surface area contributed by atoms with Crippen LogP contribution in [-0.4, -0.2) is 74.4 Å². The molecule has 1 aliphatic rings. The molecule has 0 fully saturated rings. The summed E-state index contributed by atoms with van der Waals surface area (Å²) >= 11 is 0. The number of benzene rings is 3. The Morgan fingerprint density at radius 1 is 1.10 bits per heavy atom. The molecule has 0 spiro atoms. The Morgan fingerprint density at radius 3 is 2.42 bits per heavy atom. The maximum absolute atomic E-state index is 13.5. The van der Waals surface area contributed by atoms with Gasteiger partial charge in [-0.3, -0.25) is 14.4 Å². The van der Waals surface area contributed by atoms with Crippen molar-refractivity contribution < 1.29 is 27.8 Å². The van der Waals surface area contributed by atoms with E-state index in [0.29, 0.717) is 25.4 Å². The van der Waals surface area contributed by atoms with E-state index in [1.807, 2.05) is 68.6 Å². The van der Waals surface area contributed by atoms with Crippen LogP contribution in [0.2, 0.25) is 0 Å². The van der Waals surface area contributed by atoms with Crippen LogP contribution in [-0.2, 0) is 16.6 Å². The van der Waals surface area contributed by atoms with Crippen LogP contribution in [0.25, 0.3) is 0 Å². The number of para-hydroxylation sites is 1. The highest BCUT2D eigenvalue weighted by Gasteiger charge is 2.33. The molecule has 0 bridgehead atoms. The minimum atomic E-state index is -3.53. The maximum atomic E-state index is 13.5. The monoisotopic (exact) mass is 567 g/mol. The van der Waals surface area contributed by atoms with E-state index in [-0.39, 0.29) is 35.8 Å². The van der Waals surface area contributed by atoms with Crippen LogP contribution in [0.1, 0.15) is 29.8 Å². The van der Waals surface area contributed by atoms with Crippen molar-refractivity contribution >= 4 is 21.6 Å². The van der Waals surface area contributed by atoms with Crippen molar-refractivity contribution in [3.8, 4) is 17.2 Å².